The molecule has 1 radical (unpaired) electrons. The second-order valence-electron chi connectivity index (χ2n) is 3.16. The van der Waals surface area contributed by atoms with Crippen molar-refractivity contribution < 1.29 is 34.4 Å². The van der Waals surface area contributed by atoms with E-state index in [4.69, 9.17) is 4.74 Å². The first-order valence-electron chi connectivity index (χ1n) is 4.38. The van der Waals surface area contributed by atoms with Crippen molar-refractivity contribution in [1.82, 2.24) is 4.99 Å². The second-order valence-corrected chi connectivity index (χ2v) is 4.33. The summed E-state index contributed by atoms with van der Waals surface area (Å²) in [5.74, 6) is 0.922. The normalized spacial score (nSPS) is 17.3. The maximum atomic E-state index is 5.61. The third kappa shape index (κ3) is 1.79. The molecule has 3 rings (SSSR count). The smallest absolute Gasteiger partial charge is 0.472 e. The highest BCUT2D eigenvalue weighted by Crippen LogP contribution is 2.37. The first kappa shape index (κ1) is 11.0. The number of rotatable bonds is 0. The maximum Gasteiger partial charge on any atom is 0.472 e. The number of hydrogen-bond acceptors (Lipinski definition) is 3. The molecule has 5 heteroatoms. The Morgan fingerprint density at radius 3 is 3.00 bits per heavy atom. The molecule has 3 nitrogen and oxygen atoms in total. The second kappa shape index (κ2) is 4.15. The van der Waals surface area contributed by atoms with Crippen LogP contribution in [0, 0.1) is 0 Å². The molecule has 3 N–H and O–H groups in total. The van der Waals surface area contributed by atoms with E-state index in [9.17, 15) is 0 Å². The molecule has 0 saturated carbocycles. The van der Waals surface area contributed by atoms with Crippen molar-refractivity contribution in [2.24, 2.45) is 0 Å². The summed E-state index contributed by atoms with van der Waals surface area (Å²) in [7, 11) is 0. The standard InChI is InChI=1S/C10H8N2OS.HI/c11-10-12-9-6-3-1-2-4-7(6)13-5-8(9)14-10;/h1-4H,5,11H2;1H/q+1;. The molecule has 0 aliphatic carbocycles. The molecule has 0 unspecified atom stereocenters. The van der Waals surface area contributed by atoms with Crippen molar-refractivity contribution in [1.29, 1.82) is 0 Å². The van der Waals surface area contributed by atoms with E-state index < -0.39 is 0 Å². The fraction of sp³-hybridized carbons (Fsp3) is 0.100. The third-order valence-corrected chi connectivity index (χ3v) is 3.13. The van der Waals surface area contributed by atoms with E-state index in [-0.39, 0.29) is 24.0 Å². The van der Waals surface area contributed by atoms with Crippen LogP contribution in [-0.4, -0.2) is 11.8 Å². The van der Waals surface area contributed by atoms with Gasteiger partial charge in [-0.05, 0) is 12.1 Å². The average molecular weight is 332 g/mol. The van der Waals surface area contributed by atoms with Gasteiger partial charge in [0.25, 0.3) is 0 Å². The number of aliphatic imine (C=N–C) groups is 1. The lowest BCUT2D eigenvalue weighted by Crippen LogP contribution is -3.00. The summed E-state index contributed by atoms with van der Waals surface area (Å²) in [6, 6.07) is 7.98. The van der Waals surface area contributed by atoms with E-state index in [2.05, 4.69) is 10.7 Å². The fourth-order valence-corrected chi connectivity index (χ4v) is 2.43. The minimum Gasteiger partial charge on any atom is -1.00 e. The Labute approximate surface area is 109 Å². The van der Waals surface area contributed by atoms with Gasteiger partial charge in [0.1, 0.15) is 22.3 Å². The topological polar surface area (TPSA) is 51.0 Å². The number of hydrogen-bond donors (Lipinski definition) is 1. The number of fused-ring (bicyclic) bond motifs is 2. The van der Waals surface area contributed by atoms with Gasteiger partial charge < -0.3 is 28.7 Å². The van der Waals surface area contributed by atoms with E-state index in [0.717, 1.165) is 22.2 Å². The van der Waals surface area contributed by atoms with Gasteiger partial charge in [0, 0.05) is 0 Å². The van der Waals surface area contributed by atoms with Crippen LogP contribution in [0.1, 0.15) is 5.56 Å². The zero-order valence-electron chi connectivity index (χ0n) is 7.87. The number of thioether (sulfide) groups is 1. The van der Waals surface area contributed by atoms with Crippen LogP contribution in [0.3, 0.4) is 0 Å². The van der Waals surface area contributed by atoms with Gasteiger partial charge in [0.05, 0.1) is 17.3 Å². The molecule has 1 aromatic carbocycles. The van der Waals surface area contributed by atoms with E-state index in [0.29, 0.717) is 6.61 Å². The van der Waals surface area contributed by atoms with Crippen LogP contribution in [0.2, 0.25) is 0 Å². The fourth-order valence-electron chi connectivity index (χ4n) is 1.64. The number of halogens is 1. The summed E-state index contributed by atoms with van der Waals surface area (Å²) in [6.07, 6.45) is 0. The van der Waals surface area contributed by atoms with Crippen molar-refractivity contribution in [3.63, 3.8) is 0 Å². The monoisotopic (exact) mass is 332 g/mol. The molecular formula is C10H9IN2OS+. The largest absolute Gasteiger partial charge is 1.00 e. The lowest BCUT2D eigenvalue weighted by molar-refractivity contribution is -0.206. The SMILES string of the molecule is [I-].[NH3+]C1=[N+]C2=C(COc3ccccc32)S1. The van der Waals surface area contributed by atoms with Crippen molar-refractivity contribution in [3.05, 3.63) is 34.7 Å². The van der Waals surface area contributed by atoms with Gasteiger partial charge in [-0.2, -0.15) is 0 Å². The molecule has 0 aromatic heterocycles. The van der Waals surface area contributed by atoms with Crippen molar-refractivity contribution in [3.8, 4) is 5.75 Å². The first-order chi connectivity index (χ1) is 6.84. The van der Waals surface area contributed by atoms with E-state index in [1.165, 1.54) is 4.91 Å². The average Bonchev–Trinajstić information content (AvgIpc) is 2.59. The van der Waals surface area contributed by atoms with Crippen LogP contribution >= 0.6 is 11.8 Å². The van der Waals surface area contributed by atoms with Crippen LogP contribution in [0.4, 0.5) is 0 Å². The Balaban J connectivity index is 0.000000853. The molecule has 15 heavy (non-hydrogen) atoms. The summed E-state index contributed by atoms with van der Waals surface area (Å²) in [4.78, 5) is 5.59. The number of amidine groups is 1. The number of ether oxygens (including phenoxy) is 1. The molecular weight excluding hydrogens is 323 g/mol. The van der Waals surface area contributed by atoms with Crippen molar-refractivity contribution >= 4 is 22.6 Å². The minimum atomic E-state index is 0. The quantitative estimate of drug-likeness (QED) is 0.531. The van der Waals surface area contributed by atoms with E-state index in [1.54, 1.807) is 11.8 Å². The Morgan fingerprint density at radius 2 is 2.13 bits per heavy atom. The Morgan fingerprint density at radius 1 is 1.33 bits per heavy atom. The molecule has 0 amide bonds. The van der Waals surface area contributed by atoms with Gasteiger partial charge in [-0.3, -0.25) is 5.73 Å². The van der Waals surface area contributed by atoms with Crippen LogP contribution < -0.4 is 39.4 Å². The molecule has 2 aliphatic rings. The molecule has 77 valence electrons. The molecule has 0 bridgehead atoms. The molecule has 0 fully saturated rings. The zero-order chi connectivity index (χ0) is 9.54. The van der Waals surface area contributed by atoms with E-state index >= 15 is 0 Å². The van der Waals surface area contributed by atoms with Crippen LogP contribution in [0.5, 0.6) is 5.75 Å². The third-order valence-electron chi connectivity index (χ3n) is 2.24. The summed E-state index contributed by atoms with van der Waals surface area (Å²) >= 11 is 1.61. The molecule has 2 heterocycles. The summed E-state index contributed by atoms with van der Waals surface area (Å²) < 4.78 is 5.61. The summed E-state index contributed by atoms with van der Waals surface area (Å²) in [5, 5.41) is 0.857. The first-order valence-corrected chi connectivity index (χ1v) is 5.20. The van der Waals surface area contributed by atoms with Gasteiger partial charge in [0.15, 0.2) is 0 Å². The van der Waals surface area contributed by atoms with Gasteiger partial charge in [-0.15, -0.1) is 0 Å². The Hall–Kier alpha value is -0.530. The number of benzene rings is 1. The van der Waals surface area contributed by atoms with Crippen LogP contribution in [0.25, 0.3) is 5.70 Å². The highest BCUT2D eigenvalue weighted by Gasteiger charge is 2.38. The predicted molar refractivity (Wildman–Crippen MR) is 56.5 cm³/mol. The molecule has 1 aromatic rings. The van der Waals surface area contributed by atoms with Crippen LogP contribution in [-0.2, 0) is 0 Å². The van der Waals surface area contributed by atoms with Crippen molar-refractivity contribution in [2.75, 3.05) is 6.61 Å². The predicted octanol–water partition coefficient (Wildman–Crippen LogP) is -2.57. The Bertz CT molecular complexity index is 470. The summed E-state index contributed by atoms with van der Waals surface area (Å²) in [5.41, 5.74) is 5.98. The molecule has 0 saturated heterocycles. The van der Waals surface area contributed by atoms with Crippen LogP contribution in [0.15, 0.2) is 29.2 Å². The van der Waals surface area contributed by atoms with Gasteiger partial charge in [-0.1, -0.05) is 12.1 Å². The van der Waals surface area contributed by atoms with Gasteiger partial charge in [0.2, 0.25) is 0 Å². The lowest BCUT2D eigenvalue weighted by Gasteiger charge is -2.12. The molecule has 2 aliphatic heterocycles. The summed E-state index contributed by atoms with van der Waals surface area (Å²) in [6.45, 7) is 0.625. The van der Waals surface area contributed by atoms with Crippen molar-refractivity contribution in [2.45, 2.75) is 0 Å². The minimum absolute atomic E-state index is 0. The highest BCUT2D eigenvalue weighted by atomic mass is 127. The molecule has 0 spiro atoms. The lowest BCUT2D eigenvalue weighted by atomic mass is 10.1. The number of nitrogens with zero attached hydrogens (tertiary/aromatic N) is 1. The van der Waals surface area contributed by atoms with Gasteiger partial charge >= 0.3 is 10.9 Å². The zero-order valence-corrected chi connectivity index (χ0v) is 10.8. The Kier molecular flexibility index (Phi) is 3.03. The number of para-hydroxylation sites is 1. The van der Waals surface area contributed by atoms with E-state index in [1.807, 2.05) is 24.3 Å². The van der Waals surface area contributed by atoms with Gasteiger partial charge in [-0.25, -0.2) is 0 Å². The highest BCUT2D eigenvalue weighted by molar-refractivity contribution is 8.17. The number of quaternary nitrogens is 1. The molecule has 0 atom stereocenters. The maximum absolute atomic E-state index is 5.61.